The van der Waals surface area contributed by atoms with Gasteiger partial charge < -0.3 is 15.3 Å². The van der Waals surface area contributed by atoms with E-state index >= 15 is 0 Å². The number of nitrogens with one attached hydrogen (secondary N) is 1. The molecule has 20 heavy (non-hydrogen) atoms. The number of likely N-dealkylation sites (tertiary alicyclic amines) is 1. The minimum Gasteiger partial charge on any atom is -0.481 e. The first-order chi connectivity index (χ1) is 9.12. The molecule has 0 aromatic carbocycles. The second kappa shape index (κ2) is 6.24. The summed E-state index contributed by atoms with van der Waals surface area (Å²) < 4.78 is 0. The average Bonchev–Trinajstić information content (AvgIpc) is 2.73. The Labute approximate surface area is 119 Å². The second-order valence-corrected chi connectivity index (χ2v) is 6.37. The van der Waals surface area contributed by atoms with Gasteiger partial charge in [0.05, 0.1) is 6.42 Å². The van der Waals surface area contributed by atoms with Crippen LogP contribution < -0.4 is 5.32 Å². The van der Waals surface area contributed by atoms with Crippen molar-refractivity contribution in [3.63, 3.8) is 0 Å². The third-order valence-electron chi connectivity index (χ3n) is 3.47. The molecular formula is C14H24N2O4. The number of aliphatic carboxylic acids is 1. The van der Waals surface area contributed by atoms with E-state index in [-0.39, 0.29) is 24.3 Å². The molecule has 2 amide bonds. The number of carbonyl (C=O) groups excluding carboxylic acids is 2. The van der Waals surface area contributed by atoms with Crippen molar-refractivity contribution in [2.75, 3.05) is 6.54 Å². The molecule has 6 nitrogen and oxygen atoms in total. The minimum atomic E-state index is -0.902. The van der Waals surface area contributed by atoms with E-state index < -0.39 is 17.4 Å². The predicted octanol–water partition coefficient (Wildman–Crippen LogP) is 1.00. The van der Waals surface area contributed by atoms with Crippen LogP contribution in [0.1, 0.15) is 47.0 Å². The van der Waals surface area contributed by atoms with Gasteiger partial charge in [-0.1, -0.05) is 20.8 Å². The van der Waals surface area contributed by atoms with Crippen LogP contribution in [0.3, 0.4) is 0 Å². The first-order valence-electron chi connectivity index (χ1n) is 6.96. The summed E-state index contributed by atoms with van der Waals surface area (Å²) in [5.41, 5.74) is -0.556. The zero-order chi connectivity index (χ0) is 15.5. The summed E-state index contributed by atoms with van der Waals surface area (Å²) in [5.74, 6) is -1.29. The number of carboxylic acids is 1. The first kappa shape index (κ1) is 16.5. The van der Waals surface area contributed by atoms with Crippen LogP contribution in [0.4, 0.5) is 0 Å². The van der Waals surface area contributed by atoms with Crippen molar-refractivity contribution in [2.24, 2.45) is 5.41 Å². The number of carbonyl (C=O) groups is 3. The minimum absolute atomic E-state index is 0.0360. The summed E-state index contributed by atoms with van der Waals surface area (Å²) in [6.45, 7) is 7.54. The molecular weight excluding hydrogens is 260 g/mol. The van der Waals surface area contributed by atoms with E-state index in [4.69, 9.17) is 5.11 Å². The lowest BCUT2D eigenvalue weighted by Crippen LogP contribution is -2.51. The van der Waals surface area contributed by atoms with Crippen LogP contribution in [0, 0.1) is 5.41 Å². The summed E-state index contributed by atoms with van der Waals surface area (Å²) >= 11 is 0. The molecule has 0 aromatic heterocycles. The lowest BCUT2D eigenvalue weighted by Gasteiger charge is -2.28. The fourth-order valence-electron chi connectivity index (χ4n) is 2.26. The third kappa shape index (κ3) is 4.21. The van der Waals surface area contributed by atoms with E-state index in [0.29, 0.717) is 13.0 Å². The van der Waals surface area contributed by atoms with Gasteiger partial charge in [0.1, 0.15) is 6.04 Å². The average molecular weight is 284 g/mol. The predicted molar refractivity (Wildman–Crippen MR) is 74.0 cm³/mol. The Balaban J connectivity index is 2.64. The van der Waals surface area contributed by atoms with Crippen molar-refractivity contribution in [3.05, 3.63) is 0 Å². The molecule has 2 N–H and O–H groups in total. The summed E-state index contributed by atoms with van der Waals surface area (Å²) in [4.78, 5) is 36.6. The number of amides is 2. The standard InChI is InChI=1S/C14H24N2O4/c1-9(15-13(20)14(2,3)4)12(19)16-7-5-6-10(16)8-11(17)18/h9-10H,5-8H2,1-4H3,(H,15,20)(H,17,18). The van der Waals surface area contributed by atoms with Crippen LogP contribution >= 0.6 is 0 Å². The normalized spacial score (nSPS) is 20.6. The first-order valence-corrected chi connectivity index (χ1v) is 6.96. The van der Waals surface area contributed by atoms with Crippen LogP contribution in [0.5, 0.6) is 0 Å². The van der Waals surface area contributed by atoms with Gasteiger partial charge >= 0.3 is 5.97 Å². The highest BCUT2D eigenvalue weighted by Crippen LogP contribution is 2.21. The van der Waals surface area contributed by atoms with Crippen LogP contribution in [-0.2, 0) is 14.4 Å². The number of rotatable bonds is 4. The fourth-order valence-corrected chi connectivity index (χ4v) is 2.26. The monoisotopic (exact) mass is 284 g/mol. The molecule has 0 spiro atoms. The Morgan fingerprint density at radius 2 is 1.95 bits per heavy atom. The zero-order valence-electron chi connectivity index (χ0n) is 12.6. The van der Waals surface area contributed by atoms with Gasteiger partial charge in [0.15, 0.2) is 0 Å². The second-order valence-electron chi connectivity index (χ2n) is 6.37. The maximum atomic E-state index is 12.3. The van der Waals surface area contributed by atoms with E-state index in [0.717, 1.165) is 6.42 Å². The molecule has 2 atom stereocenters. The molecule has 2 unspecified atom stereocenters. The maximum absolute atomic E-state index is 12.3. The van der Waals surface area contributed by atoms with Crippen molar-refractivity contribution in [1.82, 2.24) is 10.2 Å². The van der Waals surface area contributed by atoms with Crippen LogP contribution in [0.2, 0.25) is 0 Å². The Hall–Kier alpha value is -1.59. The van der Waals surface area contributed by atoms with Gasteiger partial charge in [0.2, 0.25) is 11.8 Å². The third-order valence-corrected chi connectivity index (χ3v) is 3.47. The molecule has 6 heteroatoms. The molecule has 1 rings (SSSR count). The Morgan fingerprint density at radius 1 is 1.35 bits per heavy atom. The number of carboxylic acid groups (broad SMARTS) is 1. The van der Waals surface area contributed by atoms with Gasteiger partial charge in [-0.3, -0.25) is 14.4 Å². The molecule has 0 aromatic rings. The van der Waals surface area contributed by atoms with Gasteiger partial charge in [-0.25, -0.2) is 0 Å². The molecule has 1 aliphatic heterocycles. The smallest absolute Gasteiger partial charge is 0.305 e. The number of nitrogens with zero attached hydrogens (tertiary/aromatic N) is 1. The van der Waals surface area contributed by atoms with E-state index in [2.05, 4.69) is 5.32 Å². The molecule has 1 fully saturated rings. The highest BCUT2D eigenvalue weighted by molar-refractivity contribution is 5.89. The summed E-state index contributed by atoms with van der Waals surface area (Å²) in [7, 11) is 0. The molecule has 114 valence electrons. The van der Waals surface area contributed by atoms with Crippen LogP contribution in [-0.4, -0.2) is 46.4 Å². The lowest BCUT2D eigenvalue weighted by molar-refractivity contribution is -0.142. The molecule has 0 radical (unpaired) electrons. The Bertz CT molecular complexity index is 400. The van der Waals surface area contributed by atoms with Gasteiger partial charge in [0, 0.05) is 18.0 Å². The molecule has 1 saturated heterocycles. The van der Waals surface area contributed by atoms with E-state index in [1.165, 1.54) is 0 Å². The largest absolute Gasteiger partial charge is 0.481 e. The van der Waals surface area contributed by atoms with Gasteiger partial charge in [0.25, 0.3) is 0 Å². The SMILES string of the molecule is CC(NC(=O)C(C)(C)C)C(=O)N1CCCC1CC(=O)O. The molecule has 0 saturated carbocycles. The summed E-state index contributed by atoms with van der Waals surface area (Å²) in [5, 5.41) is 11.5. The van der Waals surface area contributed by atoms with Crippen molar-refractivity contribution < 1.29 is 19.5 Å². The maximum Gasteiger partial charge on any atom is 0.305 e. The quantitative estimate of drug-likeness (QED) is 0.806. The van der Waals surface area contributed by atoms with Gasteiger partial charge in [-0.05, 0) is 19.8 Å². The number of hydrogen-bond donors (Lipinski definition) is 2. The van der Waals surface area contributed by atoms with Crippen LogP contribution in [0.25, 0.3) is 0 Å². The topological polar surface area (TPSA) is 86.7 Å². The van der Waals surface area contributed by atoms with Crippen molar-refractivity contribution in [1.29, 1.82) is 0 Å². The highest BCUT2D eigenvalue weighted by Gasteiger charge is 2.34. The molecule has 0 bridgehead atoms. The van der Waals surface area contributed by atoms with Crippen molar-refractivity contribution >= 4 is 17.8 Å². The summed E-state index contributed by atoms with van der Waals surface area (Å²) in [6, 6.07) is -0.884. The highest BCUT2D eigenvalue weighted by atomic mass is 16.4. The Morgan fingerprint density at radius 3 is 2.45 bits per heavy atom. The van der Waals surface area contributed by atoms with E-state index in [1.54, 1.807) is 32.6 Å². The number of hydrogen-bond acceptors (Lipinski definition) is 3. The van der Waals surface area contributed by atoms with Gasteiger partial charge in [-0.2, -0.15) is 0 Å². The molecule has 1 aliphatic rings. The van der Waals surface area contributed by atoms with Gasteiger partial charge in [-0.15, -0.1) is 0 Å². The van der Waals surface area contributed by atoms with E-state index in [9.17, 15) is 14.4 Å². The van der Waals surface area contributed by atoms with Crippen LogP contribution in [0.15, 0.2) is 0 Å². The lowest BCUT2D eigenvalue weighted by atomic mass is 9.95. The molecule has 1 heterocycles. The molecule has 0 aliphatic carbocycles. The van der Waals surface area contributed by atoms with Crippen molar-refractivity contribution in [3.8, 4) is 0 Å². The Kier molecular flexibility index (Phi) is 5.14. The van der Waals surface area contributed by atoms with E-state index in [1.807, 2.05) is 0 Å². The van der Waals surface area contributed by atoms with Crippen molar-refractivity contribution in [2.45, 2.75) is 59.0 Å². The summed E-state index contributed by atoms with van der Waals surface area (Å²) in [6.07, 6.45) is 1.48. The zero-order valence-corrected chi connectivity index (χ0v) is 12.6. The fraction of sp³-hybridized carbons (Fsp3) is 0.786.